The molecule has 0 rings (SSSR count). The smallest absolute Gasteiger partial charge is 0.348 e. The van der Waals surface area contributed by atoms with E-state index in [2.05, 4.69) is 12.0 Å². The molecule has 0 fully saturated rings. The van der Waals surface area contributed by atoms with E-state index in [9.17, 15) is 9.59 Å². The number of urea groups is 1. The molecule has 0 aromatic rings. The summed E-state index contributed by atoms with van der Waals surface area (Å²) in [5, 5.41) is 12.7. The summed E-state index contributed by atoms with van der Waals surface area (Å²) in [6, 6.07) is -0.732. The number of hydrogen-bond acceptors (Lipinski definition) is 3. The number of primary amides is 1. The molecular weight excluding hydrogens is 198 g/mol. The molecule has 2 amide bonds. The highest BCUT2D eigenvalue weighted by atomic mass is 16.4. The SMILES string of the molecule is CCCCCCN(/N=C\C(=O)O)C(N)=O. The number of aliphatic carboxylic acids is 1. The van der Waals surface area contributed by atoms with E-state index in [-0.39, 0.29) is 0 Å². The van der Waals surface area contributed by atoms with Gasteiger partial charge in [-0.2, -0.15) is 5.10 Å². The van der Waals surface area contributed by atoms with Crippen LogP contribution in [0.15, 0.2) is 5.10 Å². The molecule has 0 aliphatic carbocycles. The molecule has 0 bridgehead atoms. The van der Waals surface area contributed by atoms with Crippen LogP contribution in [0.4, 0.5) is 4.79 Å². The van der Waals surface area contributed by atoms with Gasteiger partial charge in [-0.15, -0.1) is 0 Å². The number of unbranched alkanes of at least 4 members (excludes halogenated alkanes) is 3. The quantitative estimate of drug-likeness (QED) is 0.377. The molecule has 6 heteroatoms. The number of nitrogens with zero attached hydrogens (tertiary/aromatic N) is 2. The summed E-state index contributed by atoms with van der Waals surface area (Å²) in [5.41, 5.74) is 5.02. The minimum atomic E-state index is -1.20. The van der Waals surface area contributed by atoms with Gasteiger partial charge in [0.15, 0.2) is 0 Å². The first-order valence-corrected chi connectivity index (χ1v) is 4.91. The van der Waals surface area contributed by atoms with Gasteiger partial charge in [-0.3, -0.25) is 0 Å². The van der Waals surface area contributed by atoms with Gasteiger partial charge in [0.05, 0.1) is 0 Å². The van der Waals surface area contributed by atoms with Gasteiger partial charge in [-0.25, -0.2) is 14.6 Å². The van der Waals surface area contributed by atoms with Gasteiger partial charge < -0.3 is 10.8 Å². The van der Waals surface area contributed by atoms with Gasteiger partial charge in [-0.05, 0) is 6.42 Å². The summed E-state index contributed by atoms with van der Waals surface area (Å²) < 4.78 is 0. The molecule has 0 heterocycles. The van der Waals surface area contributed by atoms with Crippen molar-refractivity contribution in [1.29, 1.82) is 0 Å². The van der Waals surface area contributed by atoms with E-state index in [0.717, 1.165) is 30.7 Å². The van der Waals surface area contributed by atoms with Crippen molar-refractivity contribution in [1.82, 2.24) is 5.01 Å². The van der Waals surface area contributed by atoms with Crippen LogP contribution in [0.2, 0.25) is 0 Å². The molecule has 0 radical (unpaired) electrons. The molecule has 0 spiro atoms. The molecule has 0 aliphatic heterocycles. The number of carboxylic acid groups (broad SMARTS) is 1. The van der Waals surface area contributed by atoms with E-state index < -0.39 is 12.0 Å². The lowest BCUT2D eigenvalue weighted by Crippen LogP contribution is -2.32. The molecule has 6 nitrogen and oxygen atoms in total. The Morgan fingerprint density at radius 1 is 1.40 bits per heavy atom. The minimum Gasteiger partial charge on any atom is -0.477 e. The predicted molar refractivity (Wildman–Crippen MR) is 56.6 cm³/mol. The predicted octanol–water partition coefficient (Wildman–Crippen LogP) is 1.02. The van der Waals surface area contributed by atoms with Crippen LogP contribution in [-0.4, -0.2) is 34.9 Å². The zero-order valence-corrected chi connectivity index (χ0v) is 8.85. The van der Waals surface area contributed by atoms with E-state index >= 15 is 0 Å². The molecule has 0 aromatic carbocycles. The number of hydrazone groups is 1. The Hall–Kier alpha value is -1.59. The molecule has 0 saturated heterocycles. The molecule has 0 aliphatic rings. The summed E-state index contributed by atoms with van der Waals surface area (Å²) in [6.07, 6.45) is 4.57. The summed E-state index contributed by atoms with van der Waals surface area (Å²) in [5.74, 6) is -1.20. The molecule has 86 valence electrons. The molecule has 0 atom stereocenters. The molecular formula is C9H17N3O3. The van der Waals surface area contributed by atoms with Gasteiger partial charge in [0.2, 0.25) is 0 Å². The monoisotopic (exact) mass is 215 g/mol. The normalized spacial score (nSPS) is 10.5. The first-order chi connectivity index (χ1) is 7.07. The Bertz CT molecular complexity index is 241. The topological polar surface area (TPSA) is 96.0 Å². The van der Waals surface area contributed by atoms with E-state index in [4.69, 9.17) is 10.8 Å². The fourth-order valence-corrected chi connectivity index (χ4v) is 1.03. The van der Waals surface area contributed by atoms with E-state index in [1.807, 2.05) is 0 Å². The van der Waals surface area contributed by atoms with Crippen LogP contribution in [0, 0.1) is 0 Å². The third-order valence-electron chi connectivity index (χ3n) is 1.79. The van der Waals surface area contributed by atoms with E-state index in [1.165, 1.54) is 0 Å². The highest BCUT2D eigenvalue weighted by molar-refractivity contribution is 6.22. The van der Waals surface area contributed by atoms with Crippen LogP contribution >= 0.6 is 0 Å². The van der Waals surface area contributed by atoms with Crippen LogP contribution in [-0.2, 0) is 4.79 Å². The molecule has 0 unspecified atom stereocenters. The maximum absolute atomic E-state index is 10.8. The highest BCUT2D eigenvalue weighted by Crippen LogP contribution is 2.01. The molecule has 3 N–H and O–H groups in total. The fourth-order valence-electron chi connectivity index (χ4n) is 1.03. The number of nitrogens with two attached hydrogens (primary N) is 1. The van der Waals surface area contributed by atoms with Crippen LogP contribution < -0.4 is 5.73 Å². The Morgan fingerprint density at radius 3 is 2.53 bits per heavy atom. The van der Waals surface area contributed by atoms with Gasteiger partial charge in [0.25, 0.3) is 0 Å². The van der Waals surface area contributed by atoms with Crippen molar-refractivity contribution in [2.24, 2.45) is 10.8 Å². The van der Waals surface area contributed by atoms with Crippen LogP contribution in [0.3, 0.4) is 0 Å². The summed E-state index contributed by atoms with van der Waals surface area (Å²) in [6.45, 7) is 2.44. The zero-order chi connectivity index (χ0) is 11.7. The van der Waals surface area contributed by atoms with Crippen molar-refractivity contribution >= 4 is 18.2 Å². The average molecular weight is 215 g/mol. The largest absolute Gasteiger partial charge is 0.477 e. The average Bonchev–Trinajstić information content (AvgIpc) is 2.15. The molecule has 0 aromatic heterocycles. The number of rotatable bonds is 7. The summed E-state index contributed by atoms with van der Waals surface area (Å²) in [7, 11) is 0. The van der Waals surface area contributed by atoms with Crippen molar-refractivity contribution in [3.05, 3.63) is 0 Å². The maximum Gasteiger partial charge on any atom is 0.348 e. The summed E-state index contributed by atoms with van der Waals surface area (Å²) in [4.78, 5) is 21.0. The lowest BCUT2D eigenvalue weighted by Gasteiger charge is -2.13. The number of carbonyl (C=O) groups excluding carboxylic acids is 1. The number of amides is 2. The fraction of sp³-hybridized carbons (Fsp3) is 0.667. The van der Waals surface area contributed by atoms with Crippen LogP contribution in [0.25, 0.3) is 0 Å². The number of carbonyl (C=O) groups is 2. The van der Waals surface area contributed by atoms with Crippen molar-refractivity contribution in [2.75, 3.05) is 6.54 Å². The van der Waals surface area contributed by atoms with E-state index in [1.54, 1.807) is 0 Å². The second kappa shape index (κ2) is 7.78. The number of carboxylic acids is 1. The van der Waals surface area contributed by atoms with Crippen LogP contribution in [0.5, 0.6) is 0 Å². The lowest BCUT2D eigenvalue weighted by atomic mass is 10.2. The Kier molecular flexibility index (Phi) is 6.96. The van der Waals surface area contributed by atoms with Crippen molar-refractivity contribution < 1.29 is 14.7 Å². The molecule has 0 saturated carbocycles. The van der Waals surface area contributed by atoms with Crippen molar-refractivity contribution in [3.63, 3.8) is 0 Å². The summed E-state index contributed by atoms with van der Waals surface area (Å²) >= 11 is 0. The second-order valence-corrected chi connectivity index (χ2v) is 3.10. The van der Waals surface area contributed by atoms with Gasteiger partial charge in [-0.1, -0.05) is 26.2 Å². The van der Waals surface area contributed by atoms with Crippen molar-refractivity contribution in [3.8, 4) is 0 Å². The number of hydrogen-bond donors (Lipinski definition) is 2. The second-order valence-electron chi connectivity index (χ2n) is 3.10. The highest BCUT2D eigenvalue weighted by Gasteiger charge is 2.06. The lowest BCUT2D eigenvalue weighted by molar-refractivity contribution is -0.128. The zero-order valence-electron chi connectivity index (χ0n) is 8.85. The first kappa shape index (κ1) is 13.4. The third-order valence-corrected chi connectivity index (χ3v) is 1.79. The van der Waals surface area contributed by atoms with Gasteiger partial charge in [0.1, 0.15) is 6.21 Å². The third kappa shape index (κ3) is 7.48. The van der Waals surface area contributed by atoms with E-state index in [0.29, 0.717) is 12.8 Å². The molecule has 15 heavy (non-hydrogen) atoms. The van der Waals surface area contributed by atoms with Crippen LogP contribution in [0.1, 0.15) is 32.6 Å². The Balaban J connectivity index is 3.95. The van der Waals surface area contributed by atoms with Gasteiger partial charge >= 0.3 is 12.0 Å². The standard InChI is InChI=1S/C9H17N3O3/c1-2-3-4-5-6-12(9(10)15)11-7-8(13)14/h7H,2-6H2,1H3,(H2,10,15)(H,13,14)/b11-7-. The Labute approximate surface area is 88.7 Å². The minimum absolute atomic E-state index is 0.360. The first-order valence-electron chi connectivity index (χ1n) is 4.91. The Morgan fingerprint density at radius 2 is 2.07 bits per heavy atom. The maximum atomic E-state index is 10.8. The van der Waals surface area contributed by atoms with Gasteiger partial charge in [0, 0.05) is 6.54 Å². The van der Waals surface area contributed by atoms with Crippen molar-refractivity contribution in [2.45, 2.75) is 32.6 Å².